The molecule has 0 aliphatic rings. The fourth-order valence-corrected chi connectivity index (χ4v) is 2.47. The van der Waals surface area contributed by atoms with Gasteiger partial charge in [0.2, 0.25) is 0 Å². The SMILES string of the molecule is CCCC(C(C)C(F)(F)F)C(F)(F)F.CCCC(C(C)C(F)(F)F)C(F)(F)F. The van der Waals surface area contributed by atoms with Gasteiger partial charge in [-0.05, 0) is 12.8 Å². The fraction of sp³-hybridized carbons (Fsp3) is 1.00. The van der Waals surface area contributed by atoms with E-state index in [9.17, 15) is 52.7 Å². The second-order valence-corrected chi connectivity index (χ2v) is 6.53. The van der Waals surface area contributed by atoms with Gasteiger partial charge in [0.1, 0.15) is 0 Å². The second kappa shape index (κ2) is 10.8. The van der Waals surface area contributed by atoms with Gasteiger partial charge in [-0.15, -0.1) is 0 Å². The van der Waals surface area contributed by atoms with E-state index < -0.39 is 61.2 Å². The van der Waals surface area contributed by atoms with Crippen LogP contribution in [0.15, 0.2) is 0 Å². The summed E-state index contributed by atoms with van der Waals surface area (Å²) in [4.78, 5) is 0. The first-order chi connectivity index (χ1) is 12.2. The zero-order valence-electron chi connectivity index (χ0n) is 15.7. The van der Waals surface area contributed by atoms with E-state index >= 15 is 0 Å². The van der Waals surface area contributed by atoms with E-state index in [0.29, 0.717) is 13.8 Å². The molecule has 0 fully saturated rings. The summed E-state index contributed by atoms with van der Waals surface area (Å²) in [7, 11) is 0. The molecule has 28 heavy (non-hydrogen) atoms. The average molecular weight is 444 g/mol. The molecule has 0 bridgehead atoms. The summed E-state index contributed by atoms with van der Waals surface area (Å²) in [6.45, 7) is 4.02. The molecule has 0 aromatic carbocycles. The summed E-state index contributed by atoms with van der Waals surface area (Å²) in [5.41, 5.74) is 0. The third kappa shape index (κ3) is 10.6. The first-order valence-corrected chi connectivity index (χ1v) is 8.47. The molecule has 0 saturated heterocycles. The molecular weight excluding hydrogens is 420 g/mol. The Labute approximate surface area is 155 Å². The van der Waals surface area contributed by atoms with Crippen LogP contribution in [0.2, 0.25) is 0 Å². The van der Waals surface area contributed by atoms with E-state index in [0.717, 1.165) is 0 Å². The van der Waals surface area contributed by atoms with Crippen molar-refractivity contribution in [2.45, 2.75) is 78.1 Å². The van der Waals surface area contributed by atoms with Crippen LogP contribution in [0, 0.1) is 23.7 Å². The first kappa shape index (κ1) is 29.4. The van der Waals surface area contributed by atoms with E-state index in [1.807, 2.05) is 0 Å². The summed E-state index contributed by atoms with van der Waals surface area (Å²) in [5.74, 6) is -9.23. The molecule has 0 radical (unpaired) electrons. The number of halogens is 12. The highest BCUT2D eigenvalue weighted by molar-refractivity contribution is 4.78. The third-order valence-electron chi connectivity index (χ3n) is 4.28. The smallest absolute Gasteiger partial charge is 0.171 e. The molecule has 0 saturated carbocycles. The number of hydrogen-bond donors (Lipinski definition) is 0. The lowest BCUT2D eigenvalue weighted by atomic mass is 9.89. The van der Waals surface area contributed by atoms with E-state index in [1.54, 1.807) is 0 Å². The van der Waals surface area contributed by atoms with Crippen molar-refractivity contribution in [3.63, 3.8) is 0 Å². The third-order valence-corrected chi connectivity index (χ3v) is 4.28. The maximum atomic E-state index is 12.2. The van der Waals surface area contributed by atoms with Gasteiger partial charge < -0.3 is 0 Å². The van der Waals surface area contributed by atoms with Gasteiger partial charge in [0.05, 0.1) is 23.7 Å². The number of hydrogen-bond acceptors (Lipinski definition) is 0. The summed E-state index contributed by atoms with van der Waals surface area (Å²) in [6, 6.07) is 0. The normalized spacial score (nSPS) is 18.0. The van der Waals surface area contributed by atoms with Gasteiger partial charge in [-0.25, -0.2) is 0 Å². The molecule has 4 unspecified atom stereocenters. The van der Waals surface area contributed by atoms with Crippen molar-refractivity contribution in [3.8, 4) is 0 Å². The molecule has 0 N–H and O–H groups in total. The first-order valence-electron chi connectivity index (χ1n) is 8.47. The quantitative estimate of drug-likeness (QED) is 0.361. The molecule has 0 amide bonds. The molecule has 0 aromatic heterocycles. The minimum atomic E-state index is -4.78. The van der Waals surface area contributed by atoms with E-state index in [-0.39, 0.29) is 12.8 Å². The van der Waals surface area contributed by atoms with Crippen LogP contribution in [0.3, 0.4) is 0 Å². The largest absolute Gasteiger partial charge is 0.392 e. The minimum absolute atomic E-state index is 0.0879. The topological polar surface area (TPSA) is 0 Å². The van der Waals surface area contributed by atoms with Gasteiger partial charge in [0.25, 0.3) is 0 Å². The van der Waals surface area contributed by atoms with Gasteiger partial charge in [-0.2, -0.15) is 52.7 Å². The zero-order valence-corrected chi connectivity index (χ0v) is 15.7. The standard InChI is InChI=1S/2C8H12F6/c2*1-3-4-6(8(12,13)14)5(2)7(9,10)11/h2*5-6H,3-4H2,1-2H3. The lowest BCUT2D eigenvalue weighted by molar-refractivity contribution is -0.250. The van der Waals surface area contributed by atoms with Gasteiger partial charge in [0.15, 0.2) is 0 Å². The molecule has 0 rings (SSSR count). The Bertz CT molecular complexity index is 375. The molecule has 0 nitrogen and oxygen atoms in total. The van der Waals surface area contributed by atoms with Crippen molar-refractivity contribution in [2.75, 3.05) is 0 Å². The average Bonchev–Trinajstić information content (AvgIpc) is 2.45. The van der Waals surface area contributed by atoms with Crippen LogP contribution in [0.1, 0.15) is 53.4 Å². The predicted molar refractivity (Wildman–Crippen MR) is 79.3 cm³/mol. The lowest BCUT2D eigenvalue weighted by Crippen LogP contribution is -2.37. The summed E-state index contributed by atoms with van der Waals surface area (Å²) in [6.07, 6.45) is -19.9. The van der Waals surface area contributed by atoms with Crippen LogP contribution in [0.5, 0.6) is 0 Å². The molecule has 0 aromatic rings. The number of alkyl halides is 12. The Morgan fingerprint density at radius 3 is 0.786 bits per heavy atom. The molecule has 0 aliphatic carbocycles. The summed E-state index contributed by atoms with van der Waals surface area (Å²) >= 11 is 0. The zero-order chi connectivity index (χ0) is 23.1. The molecule has 0 heterocycles. The summed E-state index contributed by atoms with van der Waals surface area (Å²) in [5, 5.41) is 0. The van der Waals surface area contributed by atoms with Crippen molar-refractivity contribution in [1.82, 2.24) is 0 Å². The summed E-state index contributed by atoms with van der Waals surface area (Å²) < 4.78 is 145. The maximum absolute atomic E-state index is 12.2. The fourth-order valence-electron chi connectivity index (χ4n) is 2.47. The Morgan fingerprint density at radius 1 is 0.464 bits per heavy atom. The van der Waals surface area contributed by atoms with Crippen LogP contribution in [-0.4, -0.2) is 24.7 Å². The van der Waals surface area contributed by atoms with Crippen LogP contribution in [0.4, 0.5) is 52.7 Å². The van der Waals surface area contributed by atoms with Crippen molar-refractivity contribution >= 4 is 0 Å². The second-order valence-electron chi connectivity index (χ2n) is 6.53. The number of rotatable bonds is 6. The predicted octanol–water partition coefficient (Wildman–Crippen LogP) is 8.33. The van der Waals surface area contributed by atoms with Crippen LogP contribution >= 0.6 is 0 Å². The van der Waals surface area contributed by atoms with E-state index in [4.69, 9.17) is 0 Å². The van der Waals surface area contributed by atoms with E-state index in [1.165, 1.54) is 13.8 Å². The Hall–Kier alpha value is -0.840. The highest BCUT2D eigenvalue weighted by Gasteiger charge is 2.52. The maximum Gasteiger partial charge on any atom is 0.392 e. The Morgan fingerprint density at radius 2 is 0.679 bits per heavy atom. The van der Waals surface area contributed by atoms with Crippen molar-refractivity contribution in [3.05, 3.63) is 0 Å². The lowest BCUT2D eigenvalue weighted by Gasteiger charge is -2.27. The van der Waals surface area contributed by atoms with Gasteiger partial charge in [0, 0.05) is 0 Å². The van der Waals surface area contributed by atoms with Crippen LogP contribution < -0.4 is 0 Å². The highest BCUT2D eigenvalue weighted by atomic mass is 19.4. The van der Waals surface area contributed by atoms with Crippen LogP contribution in [-0.2, 0) is 0 Å². The van der Waals surface area contributed by atoms with Gasteiger partial charge in [-0.1, -0.05) is 40.5 Å². The molecule has 12 heteroatoms. The van der Waals surface area contributed by atoms with Crippen molar-refractivity contribution in [2.24, 2.45) is 23.7 Å². The Kier molecular flexibility index (Phi) is 11.3. The molecule has 0 aliphatic heterocycles. The molecule has 4 atom stereocenters. The van der Waals surface area contributed by atoms with Crippen LogP contribution in [0.25, 0.3) is 0 Å². The molecule has 172 valence electrons. The molecule has 0 spiro atoms. The molecular formula is C16H24F12. The van der Waals surface area contributed by atoms with E-state index in [2.05, 4.69) is 0 Å². The van der Waals surface area contributed by atoms with Gasteiger partial charge >= 0.3 is 24.7 Å². The minimum Gasteiger partial charge on any atom is -0.171 e. The monoisotopic (exact) mass is 444 g/mol. The van der Waals surface area contributed by atoms with Gasteiger partial charge in [-0.3, -0.25) is 0 Å². The highest BCUT2D eigenvalue weighted by Crippen LogP contribution is 2.43. The van der Waals surface area contributed by atoms with Crippen molar-refractivity contribution < 1.29 is 52.7 Å². The Balaban J connectivity index is 0. The van der Waals surface area contributed by atoms with Crippen molar-refractivity contribution in [1.29, 1.82) is 0 Å².